The molecule has 2 atom stereocenters. The second kappa shape index (κ2) is 9.75. The molecule has 0 bridgehead atoms. The molecule has 0 unspecified atom stereocenters. The largest absolute Gasteiger partial charge is 0.354 e. The molecular weight excluding hydrogens is 422 g/mol. The van der Waals surface area contributed by atoms with E-state index in [2.05, 4.69) is 42.2 Å². The number of likely N-dealkylation sites (tertiary alicyclic amines) is 1. The maximum Gasteiger partial charge on any atom is 0.291 e. The lowest BCUT2D eigenvalue weighted by Crippen LogP contribution is -2.40. The molecule has 1 aliphatic rings. The number of hydrogen-bond donors (Lipinski definition) is 1. The Morgan fingerprint density at radius 1 is 1.16 bits per heavy atom. The number of piperidine rings is 1. The number of nitrogens with zero attached hydrogens (tertiary/aromatic N) is 4. The number of aryl methyl sites for hydroxylation is 2. The Hall–Kier alpha value is -2.19. The van der Waals surface area contributed by atoms with E-state index in [-0.39, 0.29) is 18.0 Å². The predicted octanol–water partition coefficient (Wildman–Crippen LogP) is 3.32. The standard InChI is InChI=1S/C24H35N5O2S/c1-5-18-11-19-21(32-18)12-20-24(31)28(26-22(6-2)29(19)20)15-23(30)25-8-7-9-27-13-16(3)10-17(4)14-27/h11-12,16-17H,5-10,13-15H2,1-4H3,(H,25,30)/t16-,17-/m1/s1. The topological polar surface area (TPSA) is 71.6 Å². The van der Waals surface area contributed by atoms with E-state index in [0.717, 1.165) is 60.4 Å². The maximum atomic E-state index is 13.0. The van der Waals surface area contributed by atoms with E-state index in [4.69, 9.17) is 0 Å². The van der Waals surface area contributed by atoms with Gasteiger partial charge in [-0.3, -0.25) is 14.0 Å². The summed E-state index contributed by atoms with van der Waals surface area (Å²) in [7, 11) is 0. The molecule has 8 heteroatoms. The van der Waals surface area contributed by atoms with E-state index in [9.17, 15) is 9.59 Å². The van der Waals surface area contributed by atoms with Gasteiger partial charge in [0.1, 0.15) is 17.9 Å². The van der Waals surface area contributed by atoms with E-state index < -0.39 is 0 Å². The summed E-state index contributed by atoms with van der Waals surface area (Å²) in [5.41, 5.74) is 1.43. The first-order valence-corrected chi connectivity index (χ1v) is 12.7. The highest BCUT2D eigenvalue weighted by Crippen LogP contribution is 2.29. The van der Waals surface area contributed by atoms with Crippen molar-refractivity contribution in [3.8, 4) is 0 Å². The van der Waals surface area contributed by atoms with Crippen LogP contribution in [0, 0.1) is 11.8 Å². The molecule has 4 heterocycles. The fraction of sp³-hybridized carbons (Fsp3) is 0.625. The van der Waals surface area contributed by atoms with Gasteiger partial charge in [-0.1, -0.05) is 27.7 Å². The van der Waals surface area contributed by atoms with Gasteiger partial charge in [0, 0.05) is 30.9 Å². The molecule has 1 fully saturated rings. The second-order valence-corrected chi connectivity index (χ2v) is 10.5. The zero-order chi connectivity index (χ0) is 22.8. The molecule has 1 amide bonds. The first kappa shape index (κ1) is 23.0. The smallest absolute Gasteiger partial charge is 0.291 e. The number of carbonyl (C=O) groups excluding carboxylic acids is 1. The quantitative estimate of drug-likeness (QED) is 0.527. The monoisotopic (exact) mass is 457 g/mol. The summed E-state index contributed by atoms with van der Waals surface area (Å²) >= 11 is 1.72. The van der Waals surface area contributed by atoms with Crippen LogP contribution in [0.2, 0.25) is 0 Å². The third kappa shape index (κ3) is 4.76. The van der Waals surface area contributed by atoms with Crippen molar-refractivity contribution in [2.75, 3.05) is 26.2 Å². The van der Waals surface area contributed by atoms with Crippen molar-refractivity contribution in [2.24, 2.45) is 11.8 Å². The third-order valence-corrected chi connectivity index (χ3v) is 7.58. The van der Waals surface area contributed by atoms with Crippen LogP contribution in [-0.4, -0.2) is 51.2 Å². The second-order valence-electron chi connectivity index (χ2n) is 9.32. The highest BCUT2D eigenvalue weighted by atomic mass is 32.1. The van der Waals surface area contributed by atoms with Crippen LogP contribution in [0.15, 0.2) is 16.9 Å². The highest BCUT2D eigenvalue weighted by Gasteiger charge is 2.21. The molecule has 7 nitrogen and oxygen atoms in total. The number of carbonyl (C=O) groups is 1. The number of thiophene rings is 1. The number of rotatable bonds is 8. The van der Waals surface area contributed by atoms with Crippen molar-refractivity contribution >= 4 is 33.0 Å². The number of amides is 1. The Balaban J connectivity index is 1.40. The maximum absolute atomic E-state index is 13.0. The Labute approximate surface area is 193 Å². The van der Waals surface area contributed by atoms with Crippen molar-refractivity contribution in [1.29, 1.82) is 0 Å². The van der Waals surface area contributed by atoms with Crippen LogP contribution in [0.4, 0.5) is 0 Å². The first-order valence-electron chi connectivity index (χ1n) is 11.9. The van der Waals surface area contributed by atoms with E-state index in [1.54, 1.807) is 11.3 Å². The van der Waals surface area contributed by atoms with Gasteiger partial charge in [0.25, 0.3) is 5.56 Å². The molecule has 0 aromatic carbocycles. The van der Waals surface area contributed by atoms with Gasteiger partial charge in [-0.25, -0.2) is 4.68 Å². The van der Waals surface area contributed by atoms with Crippen LogP contribution in [0.3, 0.4) is 0 Å². The molecule has 0 aliphatic carbocycles. The van der Waals surface area contributed by atoms with Crippen molar-refractivity contribution in [1.82, 2.24) is 24.4 Å². The molecule has 1 aliphatic heterocycles. The van der Waals surface area contributed by atoms with E-state index in [0.29, 0.717) is 18.5 Å². The van der Waals surface area contributed by atoms with Gasteiger partial charge in [0.2, 0.25) is 5.91 Å². The summed E-state index contributed by atoms with van der Waals surface area (Å²) in [6.45, 7) is 12.7. The summed E-state index contributed by atoms with van der Waals surface area (Å²) in [6.07, 6.45) is 3.88. The van der Waals surface area contributed by atoms with Crippen molar-refractivity contribution in [2.45, 2.75) is 59.9 Å². The number of fused-ring (bicyclic) bond motifs is 3. The molecule has 3 aromatic rings. The first-order chi connectivity index (χ1) is 15.4. The normalized spacial score (nSPS) is 19.8. The lowest BCUT2D eigenvalue weighted by Gasteiger charge is -2.34. The van der Waals surface area contributed by atoms with Gasteiger partial charge in [0.15, 0.2) is 0 Å². The van der Waals surface area contributed by atoms with Crippen LogP contribution in [0.1, 0.15) is 51.2 Å². The zero-order valence-corrected chi connectivity index (χ0v) is 20.5. The fourth-order valence-electron chi connectivity index (χ4n) is 5.05. The van der Waals surface area contributed by atoms with Gasteiger partial charge < -0.3 is 10.2 Å². The van der Waals surface area contributed by atoms with Crippen molar-refractivity contribution < 1.29 is 4.79 Å². The Kier molecular flexibility index (Phi) is 7.00. The van der Waals surface area contributed by atoms with Crippen molar-refractivity contribution in [3.63, 3.8) is 0 Å². The van der Waals surface area contributed by atoms with Crippen LogP contribution in [0.5, 0.6) is 0 Å². The molecule has 3 aromatic heterocycles. The lowest BCUT2D eigenvalue weighted by molar-refractivity contribution is -0.121. The minimum Gasteiger partial charge on any atom is -0.354 e. The van der Waals surface area contributed by atoms with Gasteiger partial charge in [-0.2, -0.15) is 5.10 Å². The van der Waals surface area contributed by atoms with E-state index in [1.807, 2.05) is 17.4 Å². The summed E-state index contributed by atoms with van der Waals surface area (Å²) in [5, 5.41) is 7.51. The van der Waals surface area contributed by atoms with Crippen LogP contribution in [-0.2, 0) is 24.2 Å². The van der Waals surface area contributed by atoms with Crippen molar-refractivity contribution in [3.05, 3.63) is 33.2 Å². The summed E-state index contributed by atoms with van der Waals surface area (Å²) in [4.78, 5) is 29.4. The van der Waals surface area contributed by atoms with Gasteiger partial charge in [-0.15, -0.1) is 11.3 Å². The molecule has 4 rings (SSSR count). The molecule has 174 valence electrons. The number of aromatic nitrogens is 3. The molecule has 1 N–H and O–H groups in total. The average molecular weight is 458 g/mol. The lowest BCUT2D eigenvalue weighted by atomic mass is 9.92. The molecule has 0 saturated carbocycles. The van der Waals surface area contributed by atoms with Crippen LogP contribution in [0.25, 0.3) is 15.7 Å². The van der Waals surface area contributed by atoms with Gasteiger partial charge in [-0.05, 0) is 49.8 Å². The zero-order valence-electron chi connectivity index (χ0n) is 19.7. The Morgan fingerprint density at radius 2 is 1.91 bits per heavy atom. The van der Waals surface area contributed by atoms with Gasteiger partial charge >= 0.3 is 0 Å². The molecular formula is C24H35N5O2S. The number of hydrogen-bond acceptors (Lipinski definition) is 5. The fourth-order valence-corrected chi connectivity index (χ4v) is 6.07. The van der Waals surface area contributed by atoms with Crippen LogP contribution < -0.4 is 10.9 Å². The average Bonchev–Trinajstić information content (AvgIpc) is 3.31. The van der Waals surface area contributed by atoms with Gasteiger partial charge in [0.05, 0.1) is 10.2 Å². The minimum absolute atomic E-state index is 0.0425. The Bertz CT molecular complexity index is 1150. The minimum atomic E-state index is -0.213. The molecule has 0 spiro atoms. The molecule has 32 heavy (non-hydrogen) atoms. The summed E-state index contributed by atoms with van der Waals surface area (Å²) in [6, 6.07) is 4.09. The van der Waals surface area contributed by atoms with E-state index in [1.165, 1.54) is 16.0 Å². The van der Waals surface area contributed by atoms with Crippen LogP contribution >= 0.6 is 11.3 Å². The Morgan fingerprint density at radius 3 is 2.59 bits per heavy atom. The summed E-state index contributed by atoms with van der Waals surface area (Å²) in [5.74, 6) is 2.13. The third-order valence-electron chi connectivity index (χ3n) is 6.36. The van der Waals surface area contributed by atoms with E-state index >= 15 is 0 Å². The predicted molar refractivity (Wildman–Crippen MR) is 131 cm³/mol. The summed E-state index contributed by atoms with van der Waals surface area (Å²) < 4.78 is 4.38. The number of nitrogens with one attached hydrogen (secondary N) is 1. The molecule has 1 saturated heterocycles. The SMILES string of the molecule is CCc1cc2c(cc3c(=O)n(CC(=O)NCCCN4C[C@H](C)C[C@@H](C)C4)nc(CC)n32)s1. The molecule has 0 radical (unpaired) electrons. The highest BCUT2D eigenvalue weighted by molar-refractivity contribution is 7.19.